The fourth-order valence-corrected chi connectivity index (χ4v) is 53.8. The molecule has 4 aromatic carbocycles. The van der Waals surface area contributed by atoms with E-state index in [0.717, 1.165) is 12.8 Å². The Labute approximate surface area is 312 Å². The summed E-state index contributed by atoms with van der Waals surface area (Å²) in [5.74, 6) is 0.178. The topological polar surface area (TPSA) is 0 Å². The second kappa shape index (κ2) is 14.5. The van der Waals surface area contributed by atoms with Crippen molar-refractivity contribution >= 4 is 35.3 Å². The number of benzene rings is 4. The van der Waals surface area contributed by atoms with Crippen molar-refractivity contribution in [1.82, 2.24) is 0 Å². The van der Waals surface area contributed by atoms with Crippen LogP contribution in [0, 0.1) is 23.7 Å². The molecular formula is C46H57Cl2HfSi. The van der Waals surface area contributed by atoms with Crippen LogP contribution in [0.25, 0.3) is 34.4 Å². The van der Waals surface area contributed by atoms with E-state index < -0.39 is 21.3 Å². The Balaban J connectivity index is 1.60. The molecule has 0 saturated carbocycles. The number of hydrogen-bond acceptors (Lipinski definition) is 0. The van der Waals surface area contributed by atoms with Crippen molar-refractivity contribution in [1.29, 1.82) is 0 Å². The van der Waals surface area contributed by atoms with Crippen LogP contribution in [0.1, 0.15) is 96.1 Å². The number of halogens is 2. The van der Waals surface area contributed by atoms with E-state index in [9.17, 15) is 0 Å². The molecule has 4 aromatic rings. The van der Waals surface area contributed by atoms with Gasteiger partial charge in [0.05, 0.1) is 0 Å². The molecule has 0 spiro atoms. The zero-order valence-electron chi connectivity index (χ0n) is 31.9. The second-order valence-corrected chi connectivity index (χ2v) is 76.3. The van der Waals surface area contributed by atoms with Gasteiger partial charge in [-0.3, -0.25) is 0 Å². The number of allylic oxidation sites excluding steroid dienone is 2. The molecule has 0 fully saturated rings. The third-order valence-corrected chi connectivity index (χ3v) is 84.2. The molecule has 0 saturated heterocycles. The van der Waals surface area contributed by atoms with Crippen LogP contribution >= 0.6 is 17.2 Å². The van der Waals surface area contributed by atoms with Gasteiger partial charge in [-0.25, -0.2) is 0 Å². The van der Waals surface area contributed by atoms with E-state index in [2.05, 4.69) is 166 Å². The van der Waals surface area contributed by atoms with E-state index in [1.165, 1.54) is 66.8 Å². The van der Waals surface area contributed by atoms with Gasteiger partial charge in [-0.2, -0.15) is 0 Å². The first kappa shape index (κ1) is 37.8. The maximum absolute atomic E-state index is 8.84. The van der Waals surface area contributed by atoms with Crippen LogP contribution < -0.4 is 0 Å². The van der Waals surface area contributed by atoms with Gasteiger partial charge in [0.15, 0.2) is 0 Å². The predicted octanol–water partition coefficient (Wildman–Crippen LogP) is 14.3. The predicted molar refractivity (Wildman–Crippen MR) is 223 cm³/mol. The molecular weight excluding hydrogens is 830 g/mol. The first-order valence-corrected chi connectivity index (χ1v) is 41.2. The normalized spacial score (nSPS) is 18.1. The van der Waals surface area contributed by atoms with Crippen molar-refractivity contribution in [2.24, 2.45) is 23.7 Å². The second-order valence-electron chi connectivity index (χ2n) is 17.0. The first-order valence-electron chi connectivity index (χ1n) is 19.1. The molecule has 0 aromatic heterocycles. The summed E-state index contributed by atoms with van der Waals surface area (Å²) in [6.07, 6.45) is 7.17. The molecule has 0 nitrogen and oxygen atoms in total. The molecule has 2 aliphatic rings. The van der Waals surface area contributed by atoms with Gasteiger partial charge < -0.3 is 0 Å². The third-order valence-electron chi connectivity index (χ3n) is 11.6. The average Bonchev–Trinajstić information content (AvgIpc) is 3.66. The van der Waals surface area contributed by atoms with E-state index in [1.807, 2.05) is 0 Å². The van der Waals surface area contributed by atoms with Gasteiger partial charge in [0.1, 0.15) is 0 Å². The van der Waals surface area contributed by atoms with Crippen molar-refractivity contribution in [3.63, 3.8) is 0 Å². The number of fused-ring (bicyclic) bond motifs is 2. The number of rotatable bonds is 11. The summed E-state index contributed by atoms with van der Waals surface area (Å²) in [7, 11) is 17.7. The van der Waals surface area contributed by atoms with Crippen molar-refractivity contribution in [2.75, 3.05) is 0 Å². The van der Waals surface area contributed by atoms with Gasteiger partial charge in [-0.1, -0.05) is 0 Å². The Kier molecular flexibility index (Phi) is 10.9. The quantitative estimate of drug-likeness (QED) is 0.132. The van der Waals surface area contributed by atoms with Crippen molar-refractivity contribution in [3.8, 4) is 22.3 Å². The molecule has 2 atom stereocenters. The molecule has 263 valence electrons. The monoisotopic (exact) mass is 887 g/mol. The van der Waals surface area contributed by atoms with Crippen molar-refractivity contribution < 1.29 is 15.3 Å². The SMILES string of the molecule is CC(C)Cc1ccccc1-c1cccc2c1C=C(C(C)C)[CH]2[Hf]([Cl])([Cl])([CH]1C(C(C)C)=Cc2c(-c3ccccc3CC(C)C)cccc21)[SiH](C)C. The van der Waals surface area contributed by atoms with E-state index in [-0.39, 0.29) is 7.35 Å². The van der Waals surface area contributed by atoms with Gasteiger partial charge in [0.2, 0.25) is 0 Å². The summed E-state index contributed by atoms with van der Waals surface area (Å²) in [4.78, 5) is 0. The van der Waals surface area contributed by atoms with E-state index in [0.29, 0.717) is 23.7 Å². The van der Waals surface area contributed by atoms with Crippen LogP contribution in [-0.2, 0) is 28.1 Å². The summed E-state index contributed by atoms with van der Waals surface area (Å²) >= 11 is -5.09. The van der Waals surface area contributed by atoms with Gasteiger partial charge >= 0.3 is 315 Å². The maximum atomic E-state index is 8.84. The minimum atomic E-state index is -5.09. The molecule has 2 unspecified atom stereocenters. The molecule has 50 heavy (non-hydrogen) atoms. The van der Waals surface area contributed by atoms with Crippen LogP contribution in [-0.4, -0.2) is 5.98 Å². The van der Waals surface area contributed by atoms with Gasteiger partial charge in [0.25, 0.3) is 0 Å². The molecule has 0 bridgehead atoms. The van der Waals surface area contributed by atoms with Crippen LogP contribution in [0.3, 0.4) is 0 Å². The average molecular weight is 887 g/mol. The zero-order valence-corrected chi connectivity index (χ0v) is 38.2. The first-order chi connectivity index (χ1) is 23.6. The fraction of sp³-hybridized carbons (Fsp3) is 0.391. The molecule has 0 heterocycles. The standard InChI is InChI=1S/2C22H25.C2H7Si.2ClH.Hf/c2*1-15(2)12-17-8-5-6-10-20(17)21-11-7-9-18-13-19(16(3)4)14-22(18)21;1-3-2;;;/h2*5-11,13-16H,12H2,1-4H3;3H,1-2H3;2*1H;/q;;;;;+2/p-2. The molecule has 2 aliphatic carbocycles. The Hall–Kier alpha value is -1.97. The van der Waals surface area contributed by atoms with E-state index >= 15 is 0 Å². The molecule has 6 rings (SSSR count). The van der Waals surface area contributed by atoms with Crippen molar-refractivity contribution in [2.45, 2.75) is 88.7 Å². The molecule has 0 N–H and O–H groups in total. The Morgan fingerprint density at radius 2 is 0.880 bits per heavy atom. The third kappa shape index (κ3) is 6.48. The van der Waals surface area contributed by atoms with Gasteiger partial charge in [-0.05, 0) is 0 Å². The number of hydrogen-bond donors (Lipinski definition) is 0. The van der Waals surface area contributed by atoms with Crippen LogP contribution in [0.5, 0.6) is 0 Å². The minimum absolute atomic E-state index is 0.0872. The molecule has 0 radical (unpaired) electrons. The summed E-state index contributed by atoms with van der Waals surface area (Å²) in [5, 5.41) is 0. The molecule has 0 aliphatic heterocycles. The summed E-state index contributed by atoms with van der Waals surface area (Å²) < 4.78 is 0.174. The van der Waals surface area contributed by atoms with Crippen molar-refractivity contribution in [3.05, 3.63) is 129 Å². The Morgan fingerprint density at radius 3 is 1.22 bits per heavy atom. The molecule has 0 amide bonds. The van der Waals surface area contributed by atoms with E-state index in [4.69, 9.17) is 17.2 Å². The summed E-state index contributed by atoms with van der Waals surface area (Å²) in [6.45, 7) is 23.6. The van der Waals surface area contributed by atoms with E-state index in [1.54, 1.807) is 0 Å². The van der Waals surface area contributed by atoms with Gasteiger partial charge in [0, 0.05) is 0 Å². The Bertz CT molecular complexity index is 1830. The van der Waals surface area contributed by atoms with Crippen LogP contribution in [0.15, 0.2) is 96.1 Å². The summed E-state index contributed by atoms with van der Waals surface area (Å²) in [5.41, 5.74) is 16.5. The molecule has 4 heteroatoms. The Morgan fingerprint density at radius 1 is 0.520 bits per heavy atom. The van der Waals surface area contributed by atoms with Gasteiger partial charge in [-0.15, -0.1) is 0 Å². The van der Waals surface area contributed by atoms with Crippen LogP contribution in [0.2, 0.25) is 13.1 Å². The fourth-order valence-electron chi connectivity index (χ4n) is 9.19. The summed E-state index contributed by atoms with van der Waals surface area (Å²) in [6, 6.07) is 32.0. The van der Waals surface area contributed by atoms with Crippen LogP contribution in [0.4, 0.5) is 0 Å². The zero-order chi connectivity index (χ0) is 36.1.